The minimum absolute atomic E-state index is 0.0658. The molecule has 0 N–H and O–H groups in total. The van der Waals surface area contributed by atoms with Crippen molar-refractivity contribution < 1.29 is 9.47 Å². The van der Waals surface area contributed by atoms with Crippen LogP contribution in [0.1, 0.15) is 52.7 Å². The van der Waals surface area contributed by atoms with E-state index in [0.29, 0.717) is 0 Å². The second-order valence-electron chi connectivity index (χ2n) is 11.1. The van der Waals surface area contributed by atoms with E-state index in [-0.39, 0.29) is 10.8 Å². The van der Waals surface area contributed by atoms with Crippen molar-refractivity contribution in [2.45, 2.75) is 41.5 Å². The molecule has 2 heteroatoms. The molecule has 0 spiro atoms. The van der Waals surface area contributed by atoms with Crippen LogP contribution in [0.5, 0.6) is 23.0 Å². The van der Waals surface area contributed by atoms with E-state index >= 15 is 0 Å². The van der Waals surface area contributed by atoms with Gasteiger partial charge in [0.25, 0.3) is 0 Å². The minimum atomic E-state index is -0.0658. The van der Waals surface area contributed by atoms with E-state index in [9.17, 15) is 0 Å². The maximum Gasteiger partial charge on any atom is 0.127 e. The molecule has 0 atom stereocenters. The first-order chi connectivity index (χ1) is 17.1. The lowest BCUT2D eigenvalue weighted by Crippen LogP contribution is -2.18. The normalized spacial score (nSPS) is 12.6. The Kier molecular flexibility index (Phi) is 7.35. The molecule has 0 aliphatic heterocycles. The number of para-hydroxylation sites is 2. The van der Waals surface area contributed by atoms with Gasteiger partial charge in [-0.15, -0.1) is 0 Å². The van der Waals surface area contributed by atoms with Gasteiger partial charge in [0.05, 0.1) is 0 Å². The molecule has 2 nitrogen and oxygen atoms in total. The van der Waals surface area contributed by atoms with Crippen LogP contribution in [0, 0.1) is 10.8 Å². The molecular formula is C34H36O2. The van der Waals surface area contributed by atoms with Crippen LogP contribution in [-0.2, 0) is 0 Å². The standard InChI is InChI=1S/C34H36O2/c1-33(2,3)31(25-17-21-29(22-18-25)35-27-13-9-7-10-14-27)32(34(4,5)6)26-19-23-30(24-20-26)36-28-15-11-8-12-16-28/h7-24H,1-6H3/b32-31-. The lowest BCUT2D eigenvalue weighted by Gasteiger charge is -2.34. The summed E-state index contributed by atoms with van der Waals surface area (Å²) in [7, 11) is 0. The van der Waals surface area contributed by atoms with Crippen molar-refractivity contribution in [1.29, 1.82) is 0 Å². The van der Waals surface area contributed by atoms with Crippen molar-refractivity contribution in [3.05, 3.63) is 120 Å². The maximum absolute atomic E-state index is 6.04. The summed E-state index contributed by atoms with van der Waals surface area (Å²) in [5.74, 6) is 3.34. The van der Waals surface area contributed by atoms with Crippen LogP contribution in [0.25, 0.3) is 11.1 Å². The van der Waals surface area contributed by atoms with Crippen LogP contribution < -0.4 is 9.47 Å². The fraction of sp³-hybridized carbons (Fsp3) is 0.235. The number of ether oxygens (including phenoxy) is 2. The predicted octanol–water partition coefficient (Wildman–Crippen LogP) is 10.3. The number of benzene rings is 4. The Morgan fingerprint density at radius 1 is 0.389 bits per heavy atom. The highest BCUT2D eigenvalue weighted by molar-refractivity contribution is 5.95. The quantitative estimate of drug-likeness (QED) is 0.258. The van der Waals surface area contributed by atoms with Gasteiger partial charge < -0.3 is 9.47 Å². The third kappa shape index (κ3) is 6.26. The Balaban J connectivity index is 1.73. The minimum Gasteiger partial charge on any atom is -0.457 e. The summed E-state index contributed by atoms with van der Waals surface area (Å²) in [6.07, 6.45) is 0. The maximum atomic E-state index is 6.04. The van der Waals surface area contributed by atoms with Crippen molar-refractivity contribution >= 4 is 11.1 Å². The second kappa shape index (κ2) is 10.5. The fourth-order valence-corrected chi connectivity index (χ4v) is 4.53. The average Bonchev–Trinajstić information content (AvgIpc) is 2.84. The van der Waals surface area contributed by atoms with E-state index < -0.39 is 0 Å². The number of hydrogen-bond donors (Lipinski definition) is 0. The van der Waals surface area contributed by atoms with Gasteiger partial charge in [0.15, 0.2) is 0 Å². The van der Waals surface area contributed by atoms with Gasteiger partial charge in [-0.25, -0.2) is 0 Å². The van der Waals surface area contributed by atoms with E-state index in [1.165, 1.54) is 22.3 Å². The van der Waals surface area contributed by atoms with Crippen LogP contribution in [-0.4, -0.2) is 0 Å². The highest BCUT2D eigenvalue weighted by atomic mass is 16.5. The van der Waals surface area contributed by atoms with E-state index in [1.54, 1.807) is 0 Å². The van der Waals surface area contributed by atoms with E-state index in [1.807, 2.05) is 60.7 Å². The Bertz CT molecular complexity index is 1180. The zero-order chi connectivity index (χ0) is 25.8. The first-order valence-corrected chi connectivity index (χ1v) is 12.5. The molecule has 0 amide bonds. The average molecular weight is 477 g/mol. The van der Waals surface area contributed by atoms with Gasteiger partial charge in [-0.05, 0) is 81.6 Å². The molecule has 0 fully saturated rings. The summed E-state index contributed by atoms with van der Waals surface area (Å²) >= 11 is 0. The van der Waals surface area contributed by atoms with E-state index in [0.717, 1.165) is 23.0 Å². The summed E-state index contributed by atoms with van der Waals surface area (Å²) < 4.78 is 12.1. The molecule has 0 aliphatic carbocycles. The zero-order valence-corrected chi connectivity index (χ0v) is 22.2. The van der Waals surface area contributed by atoms with Gasteiger partial charge in [-0.1, -0.05) is 102 Å². The van der Waals surface area contributed by atoms with E-state index in [4.69, 9.17) is 9.47 Å². The van der Waals surface area contributed by atoms with Gasteiger partial charge in [0.2, 0.25) is 0 Å². The van der Waals surface area contributed by atoms with Crippen molar-refractivity contribution in [1.82, 2.24) is 0 Å². The summed E-state index contributed by atoms with van der Waals surface area (Å²) in [5, 5.41) is 0. The molecule has 0 saturated heterocycles. The molecule has 36 heavy (non-hydrogen) atoms. The number of hydrogen-bond acceptors (Lipinski definition) is 2. The smallest absolute Gasteiger partial charge is 0.127 e. The third-order valence-corrected chi connectivity index (χ3v) is 5.99. The van der Waals surface area contributed by atoms with Crippen molar-refractivity contribution in [3.8, 4) is 23.0 Å². The first-order valence-electron chi connectivity index (χ1n) is 12.5. The molecule has 4 rings (SSSR count). The summed E-state index contributed by atoms with van der Waals surface area (Å²) in [5.41, 5.74) is 4.94. The molecule has 0 unspecified atom stereocenters. The van der Waals surface area contributed by atoms with Gasteiger partial charge in [0, 0.05) is 0 Å². The summed E-state index contributed by atoms with van der Waals surface area (Å²) in [6, 6.07) is 36.7. The molecule has 0 radical (unpaired) electrons. The largest absolute Gasteiger partial charge is 0.457 e. The predicted molar refractivity (Wildman–Crippen MR) is 152 cm³/mol. The Hall–Kier alpha value is -3.78. The van der Waals surface area contributed by atoms with Crippen LogP contribution in [0.15, 0.2) is 109 Å². The van der Waals surface area contributed by atoms with Gasteiger partial charge in [-0.3, -0.25) is 0 Å². The molecular weight excluding hydrogens is 440 g/mol. The third-order valence-electron chi connectivity index (χ3n) is 5.99. The van der Waals surface area contributed by atoms with Crippen LogP contribution in [0.2, 0.25) is 0 Å². The van der Waals surface area contributed by atoms with Crippen LogP contribution in [0.3, 0.4) is 0 Å². The zero-order valence-electron chi connectivity index (χ0n) is 22.2. The second-order valence-corrected chi connectivity index (χ2v) is 11.1. The molecule has 0 heterocycles. The van der Waals surface area contributed by atoms with Crippen molar-refractivity contribution in [3.63, 3.8) is 0 Å². The Morgan fingerprint density at radius 3 is 0.944 bits per heavy atom. The fourth-order valence-electron chi connectivity index (χ4n) is 4.53. The van der Waals surface area contributed by atoms with Crippen LogP contribution >= 0.6 is 0 Å². The van der Waals surface area contributed by atoms with Gasteiger partial charge in [0.1, 0.15) is 23.0 Å². The lowest BCUT2D eigenvalue weighted by atomic mass is 9.70. The SMILES string of the molecule is CC(C)(C)/C(=C(/c1ccc(Oc2ccccc2)cc1)C(C)(C)C)c1ccc(Oc2ccccc2)cc1. The van der Waals surface area contributed by atoms with Crippen molar-refractivity contribution in [2.75, 3.05) is 0 Å². The molecule has 0 saturated carbocycles. The molecule has 4 aromatic carbocycles. The highest BCUT2D eigenvalue weighted by Crippen LogP contribution is 2.47. The molecule has 4 aromatic rings. The lowest BCUT2D eigenvalue weighted by molar-refractivity contribution is 0.482. The molecule has 0 aromatic heterocycles. The first kappa shape index (κ1) is 25.3. The van der Waals surface area contributed by atoms with E-state index in [2.05, 4.69) is 90.1 Å². The number of rotatable bonds is 6. The van der Waals surface area contributed by atoms with Gasteiger partial charge >= 0.3 is 0 Å². The molecule has 184 valence electrons. The Morgan fingerprint density at radius 2 is 0.667 bits per heavy atom. The summed E-state index contributed by atoms with van der Waals surface area (Å²) in [4.78, 5) is 0. The monoisotopic (exact) mass is 476 g/mol. The van der Waals surface area contributed by atoms with Crippen molar-refractivity contribution in [2.24, 2.45) is 10.8 Å². The highest BCUT2D eigenvalue weighted by Gasteiger charge is 2.30. The molecule has 0 bridgehead atoms. The summed E-state index contributed by atoms with van der Waals surface area (Å²) in [6.45, 7) is 13.7. The number of allylic oxidation sites excluding steroid dienone is 2. The topological polar surface area (TPSA) is 18.5 Å². The Labute approximate surface area is 216 Å². The molecule has 0 aliphatic rings. The van der Waals surface area contributed by atoms with Gasteiger partial charge in [-0.2, -0.15) is 0 Å². The van der Waals surface area contributed by atoms with Crippen LogP contribution in [0.4, 0.5) is 0 Å².